The first-order chi connectivity index (χ1) is 6.05. The third-order valence-electron chi connectivity index (χ3n) is 1.59. The molecular weight excluding hydrogens is 208 g/mol. The molecule has 0 aromatic rings. The molecule has 0 saturated carbocycles. The standard InChI is InChI=1S/C7H18N2O2S2/c1-3-7(6-12-2)9-13(10,11)5-4-8/h7,9H,3-6,8H2,1-2H3. The summed E-state index contributed by atoms with van der Waals surface area (Å²) in [4.78, 5) is 0. The van der Waals surface area contributed by atoms with E-state index < -0.39 is 10.0 Å². The summed E-state index contributed by atoms with van der Waals surface area (Å²) in [6.45, 7) is 2.14. The average molecular weight is 226 g/mol. The van der Waals surface area contributed by atoms with Crippen molar-refractivity contribution in [3.63, 3.8) is 0 Å². The van der Waals surface area contributed by atoms with Gasteiger partial charge in [0.05, 0.1) is 5.75 Å². The Kier molecular flexibility index (Phi) is 6.75. The maximum atomic E-state index is 11.3. The molecule has 0 rings (SSSR count). The molecule has 0 amide bonds. The van der Waals surface area contributed by atoms with E-state index in [9.17, 15) is 8.42 Å². The van der Waals surface area contributed by atoms with Crippen LogP contribution in [-0.4, -0.2) is 38.8 Å². The first-order valence-electron chi connectivity index (χ1n) is 4.24. The molecule has 0 aliphatic heterocycles. The van der Waals surface area contributed by atoms with Crippen LogP contribution in [0, 0.1) is 0 Å². The SMILES string of the molecule is CCC(CSC)NS(=O)(=O)CCN. The van der Waals surface area contributed by atoms with Crippen LogP contribution in [0.3, 0.4) is 0 Å². The van der Waals surface area contributed by atoms with Crippen LogP contribution < -0.4 is 10.5 Å². The smallest absolute Gasteiger partial charge is 0.213 e. The van der Waals surface area contributed by atoms with Crippen molar-refractivity contribution in [3.8, 4) is 0 Å². The van der Waals surface area contributed by atoms with E-state index in [0.29, 0.717) is 0 Å². The molecule has 3 N–H and O–H groups in total. The van der Waals surface area contributed by atoms with E-state index in [2.05, 4.69) is 4.72 Å². The molecule has 13 heavy (non-hydrogen) atoms. The molecule has 0 saturated heterocycles. The van der Waals surface area contributed by atoms with E-state index >= 15 is 0 Å². The molecule has 0 aromatic heterocycles. The van der Waals surface area contributed by atoms with Gasteiger partial charge in [0.1, 0.15) is 0 Å². The van der Waals surface area contributed by atoms with Gasteiger partial charge >= 0.3 is 0 Å². The van der Waals surface area contributed by atoms with E-state index in [1.807, 2.05) is 13.2 Å². The maximum absolute atomic E-state index is 11.3. The summed E-state index contributed by atoms with van der Waals surface area (Å²) in [6, 6.07) is 0.0338. The number of hydrogen-bond donors (Lipinski definition) is 2. The number of hydrogen-bond acceptors (Lipinski definition) is 4. The largest absolute Gasteiger partial charge is 0.329 e. The fraction of sp³-hybridized carbons (Fsp3) is 1.00. The second-order valence-corrected chi connectivity index (χ2v) is 5.57. The second kappa shape index (κ2) is 6.64. The van der Waals surface area contributed by atoms with Crippen LogP contribution in [0.5, 0.6) is 0 Å². The molecule has 1 unspecified atom stereocenters. The van der Waals surface area contributed by atoms with E-state index in [1.165, 1.54) is 0 Å². The lowest BCUT2D eigenvalue weighted by atomic mass is 10.3. The summed E-state index contributed by atoms with van der Waals surface area (Å²) in [5.74, 6) is 0.818. The van der Waals surface area contributed by atoms with Gasteiger partial charge < -0.3 is 5.73 Å². The van der Waals surface area contributed by atoms with E-state index in [1.54, 1.807) is 11.8 Å². The van der Waals surface area contributed by atoms with Crippen LogP contribution in [0.15, 0.2) is 0 Å². The maximum Gasteiger partial charge on any atom is 0.213 e. The van der Waals surface area contributed by atoms with Crippen molar-refractivity contribution in [3.05, 3.63) is 0 Å². The summed E-state index contributed by atoms with van der Waals surface area (Å²) in [5, 5.41) is 0. The zero-order valence-corrected chi connectivity index (χ0v) is 9.75. The van der Waals surface area contributed by atoms with Gasteiger partial charge in [-0.2, -0.15) is 11.8 Å². The third kappa shape index (κ3) is 6.31. The molecule has 6 heteroatoms. The van der Waals surface area contributed by atoms with Crippen molar-refractivity contribution in [1.82, 2.24) is 4.72 Å². The highest BCUT2D eigenvalue weighted by Crippen LogP contribution is 2.02. The van der Waals surface area contributed by atoms with Crippen LogP contribution in [-0.2, 0) is 10.0 Å². The first kappa shape index (κ1) is 13.2. The van der Waals surface area contributed by atoms with Crippen molar-refractivity contribution in [2.75, 3.05) is 24.3 Å². The van der Waals surface area contributed by atoms with Crippen LogP contribution in [0.25, 0.3) is 0 Å². The molecule has 0 heterocycles. The first-order valence-corrected chi connectivity index (χ1v) is 7.29. The highest BCUT2D eigenvalue weighted by molar-refractivity contribution is 7.98. The van der Waals surface area contributed by atoms with Crippen LogP contribution in [0.1, 0.15) is 13.3 Å². The Morgan fingerprint density at radius 1 is 1.54 bits per heavy atom. The summed E-state index contributed by atoms with van der Waals surface area (Å²) in [7, 11) is -3.15. The zero-order valence-electron chi connectivity index (χ0n) is 8.12. The van der Waals surface area contributed by atoms with Crippen molar-refractivity contribution in [2.45, 2.75) is 19.4 Å². The molecule has 0 radical (unpaired) electrons. The monoisotopic (exact) mass is 226 g/mol. The van der Waals surface area contributed by atoms with Gasteiger partial charge in [-0.3, -0.25) is 0 Å². The molecule has 0 aliphatic carbocycles. The fourth-order valence-corrected chi connectivity index (χ4v) is 2.92. The van der Waals surface area contributed by atoms with Crippen LogP contribution in [0.4, 0.5) is 0 Å². The topological polar surface area (TPSA) is 72.2 Å². The Labute approximate surface area is 84.7 Å². The quantitative estimate of drug-likeness (QED) is 0.641. The van der Waals surface area contributed by atoms with Crippen LogP contribution in [0.2, 0.25) is 0 Å². The number of rotatable bonds is 7. The van der Waals surface area contributed by atoms with Crippen molar-refractivity contribution >= 4 is 21.8 Å². The molecule has 0 aromatic carbocycles. The van der Waals surface area contributed by atoms with Crippen LogP contribution >= 0.6 is 11.8 Å². The number of nitrogens with one attached hydrogen (secondary N) is 1. The van der Waals surface area contributed by atoms with Crippen molar-refractivity contribution in [1.29, 1.82) is 0 Å². The minimum Gasteiger partial charge on any atom is -0.329 e. The highest BCUT2D eigenvalue weighted by atomic mass is 32.2. The molecule has 1 atom stereocenters. The Bertz CT molecular complexity index is 217. The normalized spacial score (nSPS) is 14.4. The van der Waals surface area contributed by atoms with Gasteiger partial charge in [0.2, 0.25) is 10.0 Å². The predicted molar refractivity (Wildman–Crippen MR) is 58.4 cm³/mol. The number of thioether (sulfide) groups is 1. The molecule has 0 fully saturated rings. The lowest BCUT2D eigenvalue weighted by Crippen LogP contribution is -2.39. The van der Waals surface area contributed by atoms with Gasteiger partial charge in [-0.05, 0) is 12.7 Å². The second-order valence-electron chi connectivity index (χ2n) is 2.79. The molecular formula is C7H18N2O2S2. The minimum atomic E-state index is -3.15. The lowest BCUT2D eigenvalue weighted by Gasteiger charge is -2.15. The third-order valence-corrected chi connectivity index (χ3v) is 3.79. The van der Waals surface area contributed by atoms with Crippen molar-refractivity contribution < 1.29 is 8.42 Å². The van der Waals surface area contributed by atoms with Gasteiger partial charge in [-0.15, -0.1) is 0 Å². The Morgan fingerprint density at radius 3 is 2.54 bits per heavy atom. The van der Waals surface area contributed by atoms with Gasteiger partial charge in [-0.25, -0.2) is 13.1 Å². The van der Waals surface area contributed by atoms with Gasteiger partial charge in [0.15, 0.2) is 0 Å². The van der Waals surface area contributed by atoms with E-state index in [0.717, 1.165) is 12.2 Å². The fourth-order valence-electron chi connectivity index (χ4n) is 0.904. The number of nitrogens with two attached hydrogens (primary N) is 1. The Hall–Kier alpha value is 0.220. The summed E-state index contributed by atoms with van der Waals surface area (Å²) >= 11 is 1.63. The summed E-state index contributed by atoms with van der Waals surface area (Å²) in [6.07, 6.45) is 2.77. The summed E-state index contributed by atoms with van der Waals surface area (Å²) in [5.41, 5.74) is 5.18. The van der Waals surface area contributed by atoms with Gasteiger partial charge in [-0.1, -0.05) is 6.92 Å². The van der Waals surface area contributed by atoms with Gasteiger partial charge in [0, 0.05) is 18.3 Å². The highest BCUT2D eigenvalue weighted by Gasteiger charge is 2.14. The molecule has 80 valence electrons. The number of sulfonamides is 1. The predicted octanol–water partition coefficient (Wildman–Crippen LogP) is 0.00610. The Balaban J connectivity index is 4.06. The lowest BCUT2D eigenvalue weighted by molar-refractivity contribution is 0.558. The molecule has 0 spiro atoms. The zero-order chi connectivity index (χ0) is 10.3. The van der Waals surface area contributed by atoms with Crippen molar-refractivity contribution in [2.24, 2.45) is 5.73 Å². The minimum absolute atomic E-state index is 0.0118. The molecule has 0 bridgehead atoms. The molecule has 4 nitrogen and oxygen atoms in total. The summed E-state index contributed by atoms with van der Waals surface area (Å²) < 4.78 is 25.2. The van der Waals surface area contributed by atoms with E-state index in [-0.39, 0.29) is 18.3 Å². The van der Waals surface area contributed by atoms with Gasteiger partial charge in [0.25, 0.3) is 0 Å². The average Bonchev–Trinajstić information content (AvgIpc) is 2.03. The van der Waals surface area contributed by atoms with E-state index in [4.69, 9.17) is 5.73 Å². The molecule has 0 aliphatic rings. The Morgan fingerprint density at radius 2 is 2.15 bits per heavy atom.